The van der Waals surface area contributed by atoms with E-state index in [1.165, 1.54) is 25.1 Å². The summed E-state index contributed by atoms with van der Waals surface area (Å²) in [5.41, 5.74) is 5.66. The van der Waals surface area contributed by atoms with Crippen LogP contribution >= 0.6 is 22.6 Å². The van der Waals surface area contributed by atoms with Gasteiger partial charge >= 0.3 is 0 Å². The Morgan fingerprint density at radius 2 is 2.19 bits per heavy atom. The van der Waals surface area contributed by atoms with Crippen molar-refractivity contribution in [3.63, 3.8) is 0 Å². The van der Waals surface area contributed by atoms with Gasteiger partial charge in [-0.2, -0.15) is 0 Å². The molecule has 0 aliphatic heterocycles. The summed E-state index contributed by atoms with van der Waals surface area (Å²) in [5, 5.41) is -0.687. The minimum Gasteiger partial charge on any atom is -0.329 e. The van der Waals surface area contributed by atoms with E-state index in [1.807, 2.05) is 22.6 Å². The summed E-state index contributed by atoms with van der Waals surface area (Å²) in [6, 6.07) is 3.84. The molecule has 1 atom stereocenters. The SMILES string of the molecule is CC(CN)S(=O)(=O)Nc1ccc(F)cc1I. The maximum absolute atomic E-state index is 12.8. The van der Waals surface area contributed by atoms with Crippen LogP contribution in [0.25, 0.3) is 0 Å². The molecule has 1 aromatic rings. The quantitative estimate of drug-likeness (QED) is 0.802. The maximum atomic E-state index is 12.8. The molecular formula is C9H12FIN2O2S. The Bertz CT molecular complexity index is 478. The molecule has 16 heavy (non-hydrogen) atoms. The fraction of sp³-hybridized carbons (Fsp3) is 0.333. The Balaban J connectivity index is 2.97. The summed E-state index contributed by atoms with van der Waals surface area (Å²) in [6.07, 6.45) is 0. The van der Waals surface area contributed by atoms with Gasteiger partial charge < -0.3 is 5.73 Å². The molecule has 4 nitrogen and oxygen atoms in total. The van der Waals surface area contributed by atoms with Crippen LogP contribution in [0.5, 0.6) is 0 Å². The van der Waals surface area contributed by atoms with E-state index in [9.17, 15) is 12.8 Å². The molecule has 0 aliphatic carbocycles. The summed E-state index contributed by atoms with van der Waals surface area (Å²) < 4.78 is 39.1. The van der Waals surface area contributed by atoms with Gasteiger partial charge in [0.2, 0.25) is 10.0 Å². The van der Waals surface area contributed by atoms with Gasteiger partial charge in [0.15, 0.2) is 0 Å². The Hall–Kier alpha value is -0.410. The molecule has 0 radical (unpaired) electrons. The number of anilines is 1. The van der Waals surface area contributed by atoms with Crippen molar-refractivity contribution in [2.24, 2.45) is 5.73 Å². The van der Waals surface area contributed by atoms with Crippen molar-refractivity contribution in [3.8, 4) is 0 Å². The lowest BCUT2D eigenvalue weighted by atomic mass is 10.3. The fourth-order valence-corrected chi connectivity index (χ4v) is 2.69. The third-order valence-corrected chi connectivity index (χ3v) is 4.69. The zero-order chi connectivity index (χ0) is 12.3. The van der Waals surface area contributed by atoms with Crippen LogP contribution in [0, 0.1) is 9.39 Å². The van der Waals surface area contributed by atoms with Crippen LogP contribution in [-0.2, 0) is 10.0 Å². The van der Waals surface area contributed by atoms with Crippen molar-refractivity contribution in [2.75, 3.05) is 11.3 Å². The van der Waals surface area contributed by atoms with E-state index in [0.29, 0.717) is 9.26 Å². The Labute approximate surface area is 108 Å². The van der Waals surface area contributed by atoms with Crippen LogP contribution in [0.4, 0.5) is 10.1 Å². The van der Waals surface area contributed by atoms with Crippen molar-refractivity contribution in [1.29, 1.82) is 0 Å². The molecule has 0 saturated heterocycles. The molecule has 0 aliphatic rings. The second kappa shape index (κ2) is 5.28. The number of halogens is 2. The highest BCUT2D eigenvalue weighted by molar-refractivity contribution is 14.1. The number of nitrogens with one attached hydrogen (secondary N) is 1. The molecule has 1 rings (SSSR count). The zero-order valence-corrected chi connectivity index (χ0v) is 11.5. The molecule has 1 unspecified atom stereocenters. The summed E-state index contributed by atoms with van der Waals surface area (Å²) in [6.45, 7) is 1.55. The summed E-state index contributed by atoms with van der Waals surface area (Å²) in [4.78, 5) is 0. The van der Waals surface area contributed by atoms with Crippen molar-refractivity contribution < 1.29 is 12.8 Å². The molecular weight excluding hydrogens is 346 g/mol. The molecule has 0 spiro atoms. The number of hydrogen-bond acceptors (Lipinski definition) is 3. The topological polar surface area (TPSA) is 72.2 Å². The highest BCUT2D eigenvalue weighted by Gasteiger charge is 2.19. The monoisotopic (exact) mass is 358 g/mol. The predicted molar refractivity (Wildman–Crippen MR) is 70.2 cm³/mol. The molecule has 0 bridgehead atoms. The molecule has 0 amide bonds. The van der Waals surface area contributed by atoms with Crippen LogP contribution in [0.3, 0.4) is 0 Å². The summed E-state index contributed by atoms with van der Waals surface area (Å²) >= 11 is 1.86. The average Bonchev–Trinajstić information content (AvgIpc) is 2.21. The first-order valence-corrected chi connectivity index (χ1v) is 7.16. The van der Waals surface area contributed by atoms with E-state index in [4.69, 9.17) is 5.73 Å². The summed E-state index contributed by atoms with van der Waals surface area (Å²) in [5.74, 6) is -0.403. The predicted octanol–water partition coefficient (Wildman–Crippen LogP) is 1.52. The van der Waals surface area contributed by atoms with Crippen LogP contribution in [0.2, 0.25) is 0 Å². The van der Waals surface area contributed by atoms with Gasteiger partial charge in [-0.05, 0) is 47.7 Å². The van der Waals surface area contributed by atoms with Crippen LogP contribution < -0.4 is 10.5 Å². The Morgan fingerprint density at radius 1 is 1.56 bits per heavy atom. The highest BCUT2D eigenvalue weighted by atomic mass is 127. The van der Waals surface area contributed by atoms with Gasteiger partial charge in [-0.1, -0.05) is 0 Å². The molecule has 0 fully saturated rings. The minimum atomic E-state index is -3.50. The van der Waals surface area contributed by atoms with Crippen LogP contribution in [0.1, 0.15) is 6.92 Å². The number of sulfonamides is 1. The van der Waals surface area contributed by atoms with Crippen molar-refractivity contribution >= 4 is 38.3 Å². The lowest BCUT2D eigenvalue weighted by molar-refractivity contribution is 0.589. The molecule has 0 saturated carbocycles. The van der Waals surface area contributed by atoms with E-state index < -0.39 is 21.1 Å². The smallest absolute Gasteiger partial charge is 0.236 e. The Kier molecular flexibility index (Phi) is 4.51. The Morgan fingerprint density at radius 3 is 2.69 bits per heavy atom. The largest absolute Gasteiger partial charge is 0.329 e. The molecule has 90 valence electrons. The number of nitrogens with two attached hydrogens (primary N) is 1. The third kappa shape index (κ3) is 3.29. The lowest BCUT2D eigenvalue weighted by Crippen LogP contribution is -2.31. The van der Waals surface area contributed by atoms with Gasteiger partial charge in [0.25, 0.3) is 0 Å². The number of benzene rings is 1. The van der Waals surface area contributed by atoms with Crippen molar-refractivity contribution in [3.05, 3.63) is 27.6 Å². The standard InChI is InChI=1S/C9H12FIN2O2S/c1-6(5-12)16(14,15)13-9-3-2-7(10)4-8(9)11/h2-4,6,13H,5,12H2,1H3. The molecule has 0 aromatic heterocycles. The second-order valence-corrected chi connectivity index (χ2v) is 6.58. The summed E-state index contributed by atoms with van der Waals surface area (Å²) in [7, 11) is -3.50. The number of rotatable bonds is 4. The fourth-order valence-electron chi connectivity index (χ4n) is 0.953. The zero-order valence-electron chi connectivity index (χ0n) is 8.57. The second-order valence-electron chi connectivity index (χ2n) is 3.32. The first kappa shape index (κ1) is 13.7. The lowest BCUT2D eigenvalue weighted by Gasteiger charge is -2.13. The number of hydrogen-bond donors (Lipinski definition) is 2. The van der Waals surface area contributed by atoms with Crippen LogP contribution in [-0.4, -0.2) is 20.2 Å². The van der Waals surface area contributed by atoms with E-state index >= 15 is 0 Å². The van der Waals surface area contributed by atoms with E-state index in [1.54, 1.807) is 0 Å². The van der Waals surface area contributed by atoms with Gasteiger partial charge in [0.1, 0.15) is 5.82 Å². The van der Waals surface area contributed by atoms with Crippen LogP contribution in [0.15, 0.2) is 18.2 Å². The third-order valence-electron chi connectivity index (χ3n) is 2.04. The molecule has 3 N–H and O–H groups in total. The molecule has 0 heterocycles. The first-order chi connectivity index (χ1) is 7.36. The molecule has 1 aromatic carbocycles. The van der Waals surface area contributed by atoms with E-state index in [0.717, 1.165) is 0 Å². The van der Waals surface area contributed by atoms with Gasteiger partial charge in [0.05, 0.1) is 10.9 Å². The first-order valence-electron chi connectivity index (χ1n) is 4.53. The average molecular weight is 358 g/mol. The van der Waals surface area contributed by atoms with Gasteiger partial charge in [-0.25, -0.2) is 12.8 Å². The van der Waals surface area contributed by atoms with E-state index in [2.05, 4.69) is 4.72 Å². The molecule has 7 heteroatoms. The van der Waals surface area contributed by atoms with Crippen molar-refractivity contribution in [2.45, 2.75) is 12.2 Å². The minimum absolute atomic E-state index is 0.0348. The van der Waals surface area contributed by atoms with Gasteiger partial charge in [-0.3, -0.25) is 4.72 Å². The van der Waals surface area contributed by atoms with Gasteiger partial charge in [-0.15, -0.1) is 0 Å². The van der Waals surface area contributed by atoms with Crippen molar-refractivity contribution in [1.82, 2.24) is 0 Å². The van der Waals surface area contributed by atoms with Gasteiger partial charge in [0, 0.05) is 10.1 Å². The maximum Gasteiger partial charge on any atom is 0.236 e. The normalized spacial score (nSPS) is 13.5. The van der Waals surface area contributed by atoms with E-state index in [-0.39, 0.29) is 6.54 Å². The highest BCUT2D eigenvalue weighted by Crippen LogP contribution is 2.21.